The van der Waals surface area contributed by atoms with Crippen LogP contribution in [0.3, 0.4) is 0 Å². The van der Waals surface area contributed by atoms with E-state index in [0.717, 1.165) is 0 Å². The summed E-state index contributed by atoms with van der Waals surface area (Å²) in [5.41, 5.74) is 5.26. The van der Waals surface area contributed by atoms with Gasteiger partial charge < -0.3 is 15.3 Å². The first kappa shape index (κ1) is 8.80. The van der Waals surface area contributed by atoms with Crippen molar-refractivity contribution in [3.8, 4) is 5.75 Å². The lowest BCUT2D eigenvalue weighted by Crippen LogP contribution is -2.11. The van der Waals surface area contributed by atoms with E-state index < -0.39 is 5.43 Å². The molecule has 4 heteroatoms. The molecule has 0 fully saturated rings. The van der Waals surface area contributed by atoms with Crippen LogP contribution in [0.15, 0.2) is 9.21 Å². The Morgan fingerprint density at radius 2 is 2.08 bits per heavy atom. The van der Waals surface area contributed by atoms with Gasteiger partial charge in [0.05, 0.1) is 6.54 Å². The number of aryl methyl sites for hydroxylation is 1. The molecule has 66 valence electrons. The molecule has 0 unspecified atom stereocenters. The number of rotatable bonds is 1. The summed E-state index contributed by atoms with van der Waals surface area (Å²) in [4.78, 5) is 11.2. The maximum absolute atomic E-state index is 11.2. The fourth-order valence-electron chi connectivity index (χ4n) is 0.912. The average Bonchev–Trinajstić information content (AvgIpc) is 2.08. The van der Waals surface area contributed by atoms with Gasteiger partial charge in [-0.1, -0.05) is 0 Å². The zero-order valence-corrected chi connectivity index (χ0v) is 7.05. The van der Waals surface area contributed by atoms with Gasteiger partial charge in [0, 0.05) is 5.56 Å². The van der Waals surface area contributed by atoms with Gasteiger partial charge in [-0.05, 0) is 13.8 Å². The van der Waals surface area contributed by atoms with Crippen LogP contribution in [0.25, 0.3) is 0 Å². The van der Waals surface area contributed by atoms with Gasteiger partial charge in [0.1, 0.15) is 5.76 Å². The minimum absolute atomic E-state index is 0.0300. The predicted octanol–water partition coefficient (Wildman–Crippen LogP) is 0.421. The highest BCUT2D eigenvalue weighted by molar-refractivity contribution is 5.30. The van der Waals surface area contributed by atoms with Crippen LogP contribution < -0.4 is 11.2 Å². The maximum atomic E-state index is 11.2. The van der Waals surface area contributed by atoms with Crippen molar-refractivity contribution in [1.82, 2.24) is 0 Å². The second kappa shape index (κ2) is 2.98. The molecule has 0 aliphatic rings. The standard InChI is InChI=1S/C8H11NO3/c1-4-5(2)12-6(3-9)8(11)7(4)10/h11H,3,9H2,1-2H3. The summed E-state index contributed by atoms with van der Waals surface area (Å²) < 4.78 is 5.09. The van der Waals surface area contributed by atoms with E-state index in [1.807, 2.05) is 0 Å². The molecule has 4 nitrogen and oxygen atoms in total. The van der Waals surface area contributed by atoms with Crippen molar-refractivity contribution < 1.29 is 9.52 Å². The van der Waals surface area contributed by atoms with Gasteiger partial charge in [0.15, 0.2) is 5.76 Å². The van der Waals surface area contributed by atoms with Crippen LogP contribution in [0, 0.1) is 13.8 Å². The molecule has 12 heavy (non-hydrogen) atoms. The smallest absolute Gasteiger partial charge is 0.230 e. The minimum atomic E-state index is -0.404. The van der Waals surface area contributed by atoms with E-state index in [-0.39, 0.29) is 18.1 Å². The summed E-state index contributed by atoms with van der Waals surface area (Å²) >= 11 is 0. The molecule has 1 aromatic rings. The van der Waals surface area contributed by atoms with Gasteiger partial charge in [-0.2, -0.15) is 0 Å². The van der Waals surface area contributed by atoms with Gasteiger partial charge in [0.2, 0.25) is 11.2 Å². The molecule has 0 atom stereocenters. The minimum Gasteiger partial charge on any atom is -0.502 e. The predicted molar refractivity (Wildman–Crippen MR) is 44.0 cm³/mol. The normalized spacial score (nSPS) is 10.2. The van der Waals surface area contributed by atoms with Gasteiger partial charge in [-0.3, -0.25) is 4.79 Å². The first-order valence-electron chi connectivity index (χ1n) is 3.60. The summed E-state index contributed by atoms with van der Waals surface area (Å²) in [5.74, 6) is 0.266. The highest BCUT2D eigenvalue weighted by Crippen LogP contribution is 2.14. The molecule has 0 spiro atoms. The highest BCUT2D eigenvalue weighted by atomic mass is 16.4. The molecule has 3 N–H and O–H groups in total. The van der Waals surface area contributed by atoms with E-state index >= 15 is 0 Å². The third kappa shape index (κ3) is 1.21. The van der Waals surface area contributed by atoms with E-state index in [4.69, 9.17) is 10.2 Å². The van der Waals surface area contributed by atoms with Gasteiger partial charge in [-0.15, -0.1) is 0 Å². The Hall–Kier alpha value is -1.29. The van der Waals surface area contributed by atoms with Crippen molar-refractivity contribution in [3.05, 3.63) is 27.3 Å². The summed E-state index contributed by atoms with van der Waals surface area (Å²) in [6, 6.07) is 0. The first-order valence-corrected chi connectivity index (χ1v) is 3.60. The van der Waals surface area contributed by atoms with Crippen molar-refractivity contribution in [1.29, 1.82) is 0 Å². The molecule has 0 saturated carbocycles. The van der Waals surface area contributed by atoms with Crippen LogP contribution in [0.5, 0.6) is 5.75 Å². The van der Waals surface area contributed by atoms with E-state index in [1.165, 1.54) is 0 Å². The quantitative estimate of drug-likeness (QED) is 0.638. The highest BCUT2D eigenvalue weighted by Gasteiger charge is 2.11. The van der Waals surface area contributed by atoms with Crippen molar-refractivity contribution in [2.75, 3.05) is 0 Å². The van der Waals surface area contributed by atoms with E-state index in [9.17, 15) is 9.90 Å². The van der Waals surface area contributed by atoms with Gasteiger partial charge in [0.25, 0.3) is 0 Å². The number of hydrogen-bond acceptors (Lipinski definition) is 4. The van der Waals surface area contributed by atoms with E-state index in [2.05, 4.69) is 0 Å². The van der Waals surface area contributed by atoms with Crippen LogP contribution in [-0.2, 0) is 6.54 Å². The molecule has 0 saturated heterocycles. The summed E-state index contributed by atoms with van der Waals surface area (Å²) in [7, 11) is 0. The van der Waals surface area contributed by atoms with Gasteiger partial charge >= 0.3 is 0 Å². The summed E-state index contributed by atoms with van der Waals surface area (Å²) in [5, 5.41) is 9.22. The van der Waals surface area contributed by atoms with Crippen molar-refractivity contribution in [2.24, 2.45) is 5.73 Å². The fourth-order valence-corrected chi connectivity index (χ4v) is 0.912. The lowest BCUT2D eigenvalue weighted by molar-refractivity contribution is 0.386. The Morgan fingerprint density at radius 3 is 2.58 bits per heavy atom. The van der Waals surface area contributed by atoms with Crippen LogP contribution in [0.4, 0.5) is 0 Å². The Balaban J connectivity index is 3.50. The number of hydrogen-bond donors (Lipinski definition) is 2. The van der Waals surface area contributed by atoms with Crippen molar-refractivity contribution >= 4 is 0 Å². The second-order valence-electron chi connectivity index (χ2n) is 2.59. The molecular formula is C8H11NO3. The molecule has 1 aromatic heterocycles. The fraction of sp³-hybridized carbons (Fsp3) is 0.375. The number of aromatic hydroxyl groups is 1. The maximum Gasteiger partial charge on any atom is 0.230 e. The molecule has 0 aliphatic carbocycles. The summed E-state index contributed by atoms with van der Waals surface area (Å²) in [6.45, 7) is 3.29. The monoisotopic (exact) mass is 169 g/mol. The molecule has 1 heterocycles. The van der Waals surface area contributed by atoms with Crippen LogP contribution in [-0.4, -0.2) is 5.11 Å². The third-order valence-electron chi connectivity index (χ3n) is 1.81. The molecule has 0 amide bonds. The average molecular weight is 169 g/mol. The lowest BCUT2D eigenvalue weighted by Gasteiger charge is -2.03. The third-order valence-corrected chi connectivity index (χ3v) is 1.81. The van der Waals surface area contributed by atoms with E-state index in [1.54, 1.807) is 13.8 Å². The van der Waals surface area contributed by atoms with Crippen LogP contribution >= 0.6 is 0 Å². The van der Waals surface area contributed by atoms with Gasteiger partial charge in [-0.25, -0.2) is 0 Å². The van der Waals surface area contributed by atoms with Crippen molar-refractivity contribution in [3.63, 3.8) is 0 Å². The SMILES string of the molecule is Cc1oc(CN)c(O)c(=O)c1C. The number of nitrogens with two attached hydrogens (primary N) is 1. The first-order chi connectivity index (χ1) is 5.57. The Morgan fingerprint density at radius 1 is 1.50 bits per heavy atom. The van der Waals surface area contributed by atoms with Crippen LogP contribution in [0.1, 0.15) is 17.1 Å². The Kier molecular flexibility index (Phi) is 2.19. The van der Waals surface area contributed by atoms with E-state index in [0.29, 0.717) is 11.3 Å². The molecular weight excluding hydrogens is 158 g/mol. The largest absolute Gasteiger partial charge is 0.502 e. The van der Waals surface area contributed by atoms with Crippen LogP contribution in [0.2, 0.25) is 0 Å². The molecule has 0 radical (unpaired) electrons. The lowest BCUT2D eigenvalue weighted by atomic mass is 10.2. The Labute approximate surface area is 69.6 Å². The second-order valence-corrected chi connectivity index (χ2v) is 2.59. The summed E-state index contributed by atoms with van der Waals surface area (Å²) in [6.07, 6.45) is 0. The molecule has 0 aromatic carbocycles. The molecule has 0 bridgehead atoms. The van der Waals surface area contributed by atoms with Crippen molar-refractivity contribution in [2.45, 2.75) is 20.4 Å². The zero-order chi connectivity index (χ0) is 9.30. The molecule has 1 rings (SSSR count). The Bertz CT molecular complexity index is 354. The zero-order valence-electron chi connectivity index (χ0n) is 7.05. The molecule has 0 aliphatic heterocycles. The topological polar surface area (TPSA) is 76.5 Å².